The minimum absolute atomic E-state index is 0.747. The van der Waals surface area contributed by atoms with Gasteiger partial charge in [0.1, 0.15) is 0 Å². The van der Waals surface area contributed by atoms with Crippen molar-refractivity contribution >= 4 is 12.3 Å². The lowest BCUT2D eigenvalue weighted by Gasteiger charge is -2.14. The molecule has 1 aromatic carbocycles. The van der Waals surface area contributed by atoms with E-state index < -0.39 is 0 Å². The Kier molecular flexibility index (Phi) is 22.1. The van der Waals surface area contributed by atoms with Crippen LogP contribution < -0.4 is 5.32 Å². The molecule has 0 bridgehead atoms. The lowest BCUT2D eigenvalue weighted by Crippen LogP contribution is -2.14. The summed E-state index contributed by atoms with van der Waals surface area (Å²) in [5, 5.41) is 3.38. The van der Waals surface area contributed by atoms with E-state index in [9.17, 15) is 0 Å². The molecule has 0 atom stereocenters. The van der Waals surface area contributed by atoms with Crippen molar-refractivity contribution in [2.75, 3.05) is 0 Å². The topological polar surface area (TPSA) is 24.4 Å². The molecule has 2 heteroatoms. The van der Waals surface area contributed by atoms with Crippen LogP contribution in [0.1, 0.15) is 85.9 Å². The van der Waals surface area contributed by atoms with Crippen molar-refractivity contribution in [2.24, 2.45) is 4.99 Å². The Morgan fingerprint density at radius 1 is 0.909 bits per heavy atom. The van der Waals surface area contributed by atoms with Crippen molar-refractivity contribution in [3.8, 4) is 0 Å². The molecule has 1 N–H and O–H groups in total. The van der Waals surface area contributed by atoms with Gasteiger partial charge in [0.15, 0.2) is 0 Å². The summed E-state index contributed by atoms with van der Waals surface area (Å²) in [6.07, 6.45) is 4.74. The monoisotopic (exact) mass is 450 g/mol. The molecule has 33 heavy (non-hydrogen) atoms. The van der Waals surface area contributed by atoms with Gasteiger partial charge in [-0.25, -0.2) is 0 Å². The summed E-state index contributed by atoms with van der Waals surface area (Å²) < 4.78 is 0. The highest BCUT2D eigenvalue weighted by Crippen LogP contribution is 2.19. The first-order valence-electron chi connectivity index (χ1n) is 11.9. The van der Waals surface area contributed by atoms with Crippen LogP contribution in [-0.2, 0) is 13.0 Å². The fourth-order valence-corrected chi connectivity index (χ4v) is 2.36. The van der Waals surface area contributed by atoms with Crippen LogP contribution in [0.15, 0.2) is 89.8 Å². The van der Waals surface area contributed by atoms with Gasteiger partial charge in [-0.3, -0.25) is 4.99 Å². The van der Waals surface area contributed by atoms with Gasteiger partial charge in [-0.1, -0.05) is 102 Å². The first-order chi connectivity index (χ1) is 15.5. The van der Waals surface area contributed by atoms with Gasteiger partial charge in [0.05, 0.1) is 0 Å². The number of hydrogen-bond acceptors (Lipinski definition) is 2. The van der Waals surface area contributed by atoms with E-state index in [0.29, 0.717) is 0 Å². The molecule has 1 rings (SSSR count). The second-order valence-electron chi connectivity index (χ2n) is 7.47. The molecule has 0 saturated heterocycles. The molecule has 0 aliphatic rings. The van der Waals surface area contributed by atoms with Crippen molar-refractivity contribution in [3.63, 3.8) is 0 Å². The normalized spacial score (nSPS) is 9.33. The zero-order valence-corrected chi connectivity index (χ0v) is 23.3. The van der Waals surface area contributed by atoms with Crippen LogP contribution in [0.3, 0.4) is 0 Å². The Morgan fingerprint density at radius 3 is 1.82 bits per heavy atom. The Morgan fingerprint density at radius 2 is 1.45 bits per heavy atom. The summed E-state index contributed by atoms with van der Waals surface area (Å²) in [6.45, 7) is 40.3. The second-order valence-corrected chi connectivity index (χ2v) is 7.47. The Hall–Kier alpha value is -2.87. The molecule has 0 radical (unpaired) electrons. The van der Waals surface area contributed by atoms with Crippen molar-refractivity contribution in [3.05, 3.63) is 101 Å². The molecule has 0 aromatic heterocycles. The van der Waals surface area contributed by atoms with E-state index in [1.807, 2.05) is 68.4 Å². The molecular formula is C31H50N2. The molecule has 0 saturated carbocycles. The highest BCUT2D eigenvalue weighted by Gasteiger charge is 2.05. The number of hydrogen-bond donors (Lipinski definition) is 1. The molecule has 2 nitrogen and oxygen atoms in total. The number of nitrogens with one attached hydrogen (secondary N) is 1. The van der Waals surface area contributed by atoms with Gasteiger partial charge in [-0.15, -0.1) is 0 Å². The Bertz CT molecular complexity index is 828. The van der Waals surface area contributed by atoms with E-state index in [-0.39, 0.29) is 0 Å². The number of rotatable bonds is 9. The third kappa shape index (κ3) is 16.4. The summed E-state index contributed by atoms with van der Waals surface area (Å²) in [5.74, 6) is 0. The Balaban J connectivity index is -0.000000765. The predicted octanol–water partition coefficient (Wildman–Crippen LogP) is 9.63. The third-order valence-electron chi connectivity index (χ3n) is 4.37. The summed E-state index contributed by atoms with van der Waals surface area (Å²) in [6, 6.07) is 6.52. The van der Waals surface area contributed by atoms with E-state index in [2.05, 4.69) is 68.5 Å². The van der Waals surface area contributed by atoms with Crippen LogP contribution in [0.4, 0.5) is 0 Å². The summed E-state index contributed by atoms with van der Waals surface area (Å²) in [5.41, 5.74) is 10.0. The highest BCUT2D eigenvalue weighted by atomic mass is 14.9. The second kappa shape index (κ2) is 21.0. The summed E-state index contributed by atoms with van der Waals surface area (Å²) in [4.78, 5) is 3.52. The SMILES string of the molecule is C=C(/C=C(\C)C(=C)C)C(=C)NCc1ccc(C(=C)C)cc1CC.C=NC=C(C)C.CC.CC. The van der Waals surface area contributed by atoms with Gasteiger partial charge in [0.25, 0.3) is 0 Å². The molecule has 0 fully saturated rings. The van der Waals surface area contributed by atoms with E-state index >= 15 is 0 Å². The van der Waals surface area contributed by atoms with Crippen LogP contribution in [0.5, 0.6) is 0 Å². The maximum atomic E-state index is 4.08. The maximum Gasteiger partial charge on any atom is 0.0403 e. The first-order valence-corrected chi connectivity index (χ1v) is 11.9. The molecular weight excluding hydrogens is 400 g/mol. The summed E-state index contributed by atoms with van der Waals surface area (Å²) >= 11 is 0. The maximum absolute atomic E-state index is 4.08. The molecule has 0 aliphatic carbocycles. The van der Waals surface area contributed by atoms with Crippen LogP contribution in [0, 0.1) is 0 Å². The van der Waals surface area contributed by atoms with Crippen LogP contribution >= 0.6 is 0 Å². The zero-order chi connectivity index (χ0) is 26.6. The number of benzene rings is 1. The first kappa shape index (κ1) is 34.7. The van der Waals surface area contributed by atoms with Crippen molar-refractivity contribution in [1.82, 2.24) is 5.32 Å². The molecule has 0 heterocycles. The van der Waals surface area contributed by atoms with Crippen molar-refractivity contribution in [1.29, 1.82) is 0 Å². The molecule has 0 spiro atoms. The largest absolute Gasteiger partial charge is 0.381 e. The summed E-state index contributed by atoms with van der Waals surface area (Å²) in [7, 11) is 0. The molecule has 0 amide bonds. The van der Waals surface area contributed by atoms with Gasteiger partial charge < -0.3 is 5.32 Å². The highest BCUT2D eigenvalue weighted by molar-refractivity contribution is 5.62. The number of aryl methyl sites for hydroxylation is 1. The lowest BCUT2D eigenvalue weighted by atomic mass is 9.98. The number of aliphatic imine (C=N–C) groups is 1. The van der Waals surface area contributed by atoms with Crippen LogP contribution in [0.2, 0.25) is 0 Å². The van der Waals surface area contributed by atoms with Crippen LogP contribution in [0.25, 0.3) is 5.57 Å². The lowest BCUT2D eigenvalue weighted by molar-refractivity contribution is 0.816. The third-order valence-corrected chi connectivity index (χ3v) is 4.37. The van der Waals surface area contributed by atoms with Gasteiger partial charge in [0, 0.05) is 18.4 Å². The van der Waals surface area contributed by atoms with E-state index in [1.165, 1.54) is 22.3 Å². The standard InChI is InChI=1S/C22H29N.C5H9N.2C2H6/c1-9-20-13-21(16(4)5)10-11-22(20)14-23-19(8)18(7)12-17(6)15(2)3;1-5(2)4-6-3;2*1-2/h10-13,23H,2,4,7-9,14H2,1,3,5-6H3;4H,3H2,1-2H3;2*1-2H3/b17-12+;;;. The minimum atomic E-state index is 0.747. The van der Waals surface area contributed by atoms with Crippen LogP contribution in [-0.4, -0.2) is 6.72 Å². The average molecular weight is 451 g/mol. The predicted molar refractivity (Wildman–Crippen MR) is 156 cm³/mol. The average Bonchev–Trinajstić information content (AvgIpc) is 2.79. The molecule has 0 aliphatic heterocycles. The smallest absolute Gasteiger partial charge is 0.0403 e. The molecule has 184 valence electrons. The molecule has 0 unspecified atom stereocenters. The van der Waals surface area contributed by atoms with E-state index in [4.69, 9.17) is 0 Å². The molecule has 1 aromatic rings. The van der Waals surface area contributed by atoms with Gasteiger partial charge in [-0.05, 0) is 75.6 Å². The van der Waals surface area contributed by atoms with Gasteiger partial charge in [0.2, 0.25) is 0 Å². The Labute approximate surface area is 206 Å². The van der Waals surface area contributed by atoms with Crippen molar-refractivity contribution < 1.29 is 0 Å². The minimum Gasteiger partial charge on any atom is -0.381 e. The van der Waals surface area contributed by atoms with Gasteiger partial charge >= 0.3 is 0 Å². The fraction of sp³-hybridized carbons (Fsp3) is 0.387. The van der Waals surface area contributed by atoms with E-state index in [0.717, 1.165) is 41.0 Å². The van der Waals surface area contributed by atoms with Gasteiger partial charge in [-0.2, -0.15) is 0 Å². The van der Waals surface area contributed by atoms with E-state index in [1.54, 1.807) is 6.20 Å². The quantitative estimate of drug-likeness (QED) is 0.294. The zero-order valence-electron chi connectivity index (χ0n) is 23.3. The fourth-order valence-electron chi connectivity index (χ4n) is 2.36. The number of allylic oxidation sites excluding steroid dienone is 5. The van der Waals surface area contributed by atoms with Crippen molar-refractivity contribution in [2.45, 2.75) is 82.2 Å². The number of nitrogens with zero attached hydrogens (tertiary/aromatic N) is 1.